The summed E-state index contributed by atoms with van der Waals surface area (Å²) in [6.45, 7) is 1.97. The zero-order chi connectivity index (χ0) is 8.97. The summed E-state index contributed by atoms with van der Waals surface area (Å²) >= 11 is 1.56. The number of nitrogens with two attached hydrogens (primary N) is 1. The van der Waals surface area contributed by atoms with Gasteiger partial charge >= 0.3 is 6.03 Å². The van der Waals surface area contributed by atoms with Gasteiger partial charge in [-0.05, 0) is 23.9 Å². The lowest BCUT2D eigenvalue weighted by atomic mass is 10.3. The Balaban J connectivity index is 2.57. The molecule has 4 nitrogen and oxygen atoms in total. The van der Waals surface area contributed by atoms with Crippen LogP contribution in [0.15, 0.2) is 16.5 Å². The first-order valence-corrected chi connectivity index (χ1v) is 4.20. The second-order valence-corrected chi connectivity index (χ2v) is 3.15. The molecule has 0 saturated heterocycles. The first-order chi connectivity index (χ1) is 5.70. The monoisotopic (exact) mass is 183 g/mol. The summed E-state index contributed by atoms with van der Waals surface area (Å²) in [4.78, 5) is 11.2. The number of thiophene rings is 1. The summed E-state index contributed by atoms with van der Waals surface area (Å²) < 4.78 is 0. The van der Waals surface area contributed by atoms with E-state index in [-0.39, 0.29) is 0 Å². The molecule has 0 unspecified atom stereocenters. The maximum Gasteiger partial charge on any atom is 0.332 e. The molecule has 0 aliphatic rings. The number of urea groups is 1. The average Bonchev–Trinajstić information content (AvgIpc) is 2.36. The largest absolute Gasteiger partial charge is 0.350 e. The summed E-state index contributed by atoms with van der Waals surface area (Å²) in [6, 6.07) is 1.33. The highest BCUT2D eigenvalue weighted by molar-refractivity contribution is 7.11. The molecule has 12 heavy (non-hydrogen) atoms. The van der Waals surface area contributed by atoms with Gasteiger partial charge in [0.05, 0.1) is 6.21 Å². The molecular formula is C7H9N3OS. The number of nitrogens with zero attached hydrogens (tertiary/aromatic N) is 1. The zero-order valence-corrected chi connectivity index (χ0v) is 7.39. The van der Waals surface area contributed by atoms with Gasteiger partial charge < -0.3 is 5.73 Å². The number of amides is 2. The van der Waals surface area contributed by atoms with Crippen LogP contribution in [0.25, 0.3) is 0 Å². The topological polar surface area (TPSA) is 67.5 Å². The van der Waals surface area contributed by atoms with Crippen molar-refractivity contribution in [2.24, 2.45) is 10.8 Å². The first kappa shape index (κ1) is 8.73. The van der Waals surface area contributed by atoms with Crippen molar-refractivity contribution in [2.75, 3.05) is 0 Å². The number of carbonyl (C=O) groups excluding carboxylic acids is 1. The van der Waals surface area contributed by atoms with Crippen LogP contribution in [0.1, 0.15) is 10.4 Å². The molecule has 1 aromatic heterocycles. The van der Waals surface area contributed by atoms with E-state index in [1.807, 2.05) is 18.4 Å². The van der Waals surface area contributed by atoms with Gasteiger partial charge in [-0.3, -0.25) is 0 Å². The molecule has 5 heteroatoms. The molecule has 0 radical (unpaired) electrons. The smallest absolute Gasteiger partial charge is 0.332 e. The van der Waals surface area contributed by atoms with E-state index in [0.717, 1.165) is 10.4 Å². The Kier molecular flexibility index (Phi) is 2.82. The Labute approximate surface area is 74.1 Å². The summed E-state index contributed by atoms with van der Waals surface area (Å²) in [5.41, 5.74) is 8.07. The third-order valence-corrected chi connectivity index (χ3v) is 2.21. The van der Waals surface area contributed by atoms with Crippen LogP contribution in [0.3, 0.4) is 0 Å². The van der Waals surface area contributed by atoms with Gasteiger partial charge in [0.15, 0.2) is 0 Å². The number of aryl methyl sites for hydroxylation is 1. The zero-order valence-electron chi connectivity index (χ0n) is 6.57. The molecule has 0 bridgehead atoms. The Morgan fingerprint density at radius 3 is 3.08 bits per heavy atom. The lowest BCUT2D eigenvalue weighted by molar-refractivity contribution is 0.249. The number of primary amides is 1. The highest BCUT2D eigenvalue weighted by Crippen LogP contribution is 2.11. The Morgan fingerprint density at radius 2 is 2.58 bits per heavy atom. The van der Waals surface area contributed by atoms with Gasteiger partial charge in [-0.2, -0.15) is 5.10 Å². The number of nitrogens with one attached hydrogen (secondary N) is 1. The molecule has 1 aromatic rings. The van der Waals surface area contributed by atoms with E-state index in [9.17, 15) is 4.79 Å². The SMILES string of the molecule is Cc1ccsc1C=NNC(N)=O. The predicted molar refractivity (Wildman–Crippen MR) is 49.4 cm³/mol. The van der Waals surface area contributed by atoms with E-state index in [1.165, 1.54) is 0 Å². The fraction of sp³-hybridized carbons (Fsp3) is 0.143. The summed E-state index contributed by atoms with van der Waals surface area (Å²) in [6.07, 6.45) is 1.57. The van der Waals surface area contributed by atoms with E-state index in [1.54, 1.807) is 17.6 Å². The standard InChI is InChI=1S/C7H9N3OS/c1-5-2-3-12-6(5)4-9-10-7(8)11/h2-4H,1H3,(H3,8,10,11). The highest BCUT2D eigenvalue weighted by atomic mass is 32.1. The van der Waals surface area contributed by atoms with Gasteiger partial charge in [-0.15, -0.1) is 11.3 Å². The van der Waals surface area contributed by atoms with E-state index < -0.39 is 6.03 Å². The fourth-order valence-corrected chi connectivity index (χ4v) is 1.46. The Bertz CT molecular complexity index is 305. The molecule has 0 aromatic carbocycles. The molecule has 0 spiro atoms. The maximum atomic E-state index is 10.2. The van der Waals surface area contributed by atoms with Crippen LogP contribution in [0.2, 0.25) is 0 Å². The lowest BCUT2D eigenvalue weighted by Crippen LogP contribution is -2.24. The molecule has 3 N–H and O–H groups in total. The minimum Gasteiger partial charge on any atom is -0.350 e. The number of hydrazone groups is 1. The van der Waals surface area contributed by atoms with Crippen LogP contribution in [-0.2, 0) is 0 Å². The maximum absolute atomic E-state index is 10.2. The summed E-state index contributed by atoms with van der Waals surface area (Å²) in [5.74, 6) is 0. The number of carbonyl (C=O) groups is 1. The van der Waals surface area contributed by atoms with Crippen LogP contribution in [0.4, 0.5) is 4.79 Å². The predicted octanol–water partition coefficient (Wildman–Crippen LogP) is 1.06. The van der Waals surface area contributed by atoms with Crippen LogP contribution < -0.4 is 11.2 Å². The number of hydrogen-bond donors (Lipinski definition) is 2. The van der Waals surface area contributed by atoms with Crippen molar-refractivity contribution < 1.29 is 4.79 Å². The Morgan fingerprint density at radius 1 is 1.83 bits per heavy atom. The average molecular weight is 183 g/mol. The van der Waals surface area contributed by atoms with Crippen molar-refractivity contribution in [3.05, 3.63) is 21.9 Å². The third kappa shape index (κ3) is 2.35. The van der Waals surface area contributed by atoms with E-state index >= 15 is 0 Å². The molecular weight excluding hydrogens is 174 g/mol. The third-order valence-electron chi connectivity index (χ3n) is 1.26. The fourth-order valence-electron chi connectivity index (χ4n) is 0.671. The van der Waals surface area contributed by atoms with Gasteiger partial charge in [0, 0.05) is 4.88 Å². The Hall–Kier alpha value is -1.36. The summed E-state index contributed by atoms with van der Waals surface area (Å²) in [5, 5.41) is 5.59. The van der Waals surface area contributed by atoms with E-state index in [2.05, 4.69) is 10.5 Å². The minimum absolute atomic E-state index is 0.652. The second kappa shape index (κ2) is 3.87. The molecule has 1 heterocycles. The van der Waals surface area contributed by atoms with E-state index in [4.69, 9.17) is 5.73 Å². The van der Waals surface area contributed by atoms with Crippen LogP contribution in [0, 0.1) is 6.92 Å². The molecule has 0 aliphatic carbocycles. The highest BCUT2D eigenvalue weighted by Gasteiger charge is 1.94. The lowest BCUT2D eigenvalue weighted by Gasteiger charge is -1.90. The first-order valence-electron chi connectivity index (χ1n) is 3.33. The van der Waals surface area contributed by atoms with Crippen LogP contribution in [-0.4, -0.2) is 12.2 Å². The van der Waals surface area contributed by atoms with Crippen molar-refractivity contribution in [3.8, 4) is 0 Å². The van der Waals surface area contributed by atoms with Crippen LogP contribution >= 0.6 is 11.3 Å². The molecule has 2 amide bonds. The summed E-state index contributed by atoms with van der Waals surface area (Å²) in [7, 11) is 0. The molecule has 0 aliphatic heterocycles. The molecule has 0 saturated carbocycles. The molecule has 0 fully saturated rings. The minimum atomic E-state index is -0.652. The van der Waals surface area contributed by atoms with Gasteiger partial charge in [0.2, 0.25) is 0 Å². The van der Waals surface area contributed by atoms with Crippen molar-refractivity contribution in [2.45, 2.75) is 6.92 Å². The van der Waals surface area contributed by atoms with Crippen LogP contribution in [0.5, 0.6) is 0 Å². The normalized spacial score (nSPS) is 10.4. The quantitative estimate of drug-likeness (QED) is 0.522. The van der Waals surface area contributed by atoms with Crippen molar-refractivity contribution >= 4 is 23.6 Å². The van der Waals surface area contributed by atoms with E-state index in [0.29, 0.717) is 0 Å². The second-order valence-electron chi connectivity index (χ2n) is 2.20. The van der Waals surface area contributed by atoms with Gasteiger partial charge in [-0.1, -0.05) is 0 Å². The van der Waals surface area contributed by atoms with Gasteiger partial charge in [-0.25, -0.2) is 10.2 Å². The molecule has 0 atom stereocenters. The molecule has 1 rings (SSSR count). The van der Waals surface area contributed by atoms with Gasteiger partial charge in [0.25, 0.3) is 0 Å². The number of hydrogen-bond acceptors (Lipinski definition) is 3. The number of rotatable bonds is 2. The molecule has 64 valence electrons. The van der Waals surface area contributed by atoms with Crippen molar-refractivity contribution in [3.63, 3.8) is 0 Å². The van der Waals surface area contributed by atoms with Crippen molar-refractivity contribution in [1.82, 2.24) is 5.43 Å². The van der Waals surface area contributed by atoms with Crippen molar-refractivity contribution in [1.29, 1.82) is 0 Å². The van der Waals surface area contributed by atoms with Gasteiger partial charge in [0.1, 0.15) is 0 Å².